The lowest BCUT2D eigenvalue weighted by Crippen LogP contribution is -2.17. The fourth-order valence-corrected chi connectivity index (χ4v) is 3.59. The minimum atomic E-state index is -0.0477. The molecule has 3 rings (SSSR count). The second-order valence-electron chi connectivity index (χ2n) is 8.30. The van der Waals surface area contributed by atoms with E-state index in [2.05, 4.69) is 24.1 Å². The molecule has 2 atom stereocenters. The quantitative estimate of drug-likeness (QED) is 0.367. The number of nitrogens with one attached hydrogen (secondary N) is 1. The van der Waals surface area contributed by atoms with E-state index in [-0.39, 0.29) is 17.7 Å². The molecule has 5 nitrogen and oxygen atoms in total. The molecule has 5 heteroatoms. The van der Waals surface area contributed by atoms with Crippen LogP contribution in [0.5, 0.6) is 11.5 Å². The molecule has 1 heterocycles. The number of nitrogen functional groups attached to an aromatic ring is 1. The van der Waals surface area contributed by atoms with Crippen molar-refractivity contribution in [3.8, 4) is 11.5 Å². The van der Waals surface area contributed by atoms with Crippen molar-refractivity contribution in [1.29, 1.82) is 0 Å². The number of benzene rings is 2. The summed E-state index contributed by atoms with van der Waals surface area (Å²) < 4.78 is 5.93. The van der Waals surface area contributed by atoms with Gasteiger partial charge in [0.25, 0.3) is 0 Å². The molecule has 0 saturated heterocycles. The number of ether oxygens (including phenoxy) is 1. The molecular formula is C27H33N3O2. The van der Waals surface area contributed by atoms with Crippen molar-refractivity contribution < 1.29 is 9.53 Å². The van der Waals surface area contributed by atoms with E-state index in [0.717, 1.165) is 29.0 Å². The number of anilines is 2. The van der Waals surface area contributed by atoms with E-state index in [0.29, 0.717) is 23.6 Å². The highest BCUT2D eigenvalue weighted by Crippen LogP contribution is 2.29. The Bertz CT molecular complexity index is 1060. The largest absolute Gasteiger partial charge is 0.457 e. The molecule has 0 spiro atoms. The van der Waals surface area contributed by atoms with Gasteiger partial charge in [0.2, 0.25) is 0 Å². The second kappa shape index (κ2) is 10.3. The average Bonchev–Trinajstić information content (AvgIpc) is 2.79. The van der Waals surface area contributed by atoms with E-state index >= 15 is 0 Å². The number of hydrogen-bond donors (Lipinski definition) is 2. The van der Waals surface area contributed by atoms with Crippen molar-refractivity contribution >= 4 is 17.4 Å². The lowest BCUT2D eigenvalue weighted by Gasteiger charge is -2.21. The van der Waals surface area contributed by atoms with E-state index < -0.39 is 0 Å². The molecule has 0 bridgehead atoms. The molecule has 32 heavy (non-hydrogen) atoms. The third-order valence-electron chi connectivity index (χ3n) is 5.81. The molecule has 0 saturated carbocycles. The summed E-state index contributed by atoms with van der Waals surface area (Å²) in [7, 11) is 0. The van der Waals surface area contributed by atoms with Crippen molar-refractivity contribution in [1.82, 2.24) is 4.98 Å². The normalized spacial score (nSPS) is 12.8. The number of rotatable bonds is 9. The second-order valence-corrected chi connectivity index (χ2v) is 8.30. The van der Waals surface area contributed by atoms with E-state index in [1.165, 1.54) is 5.56 Å². The highest BCUT2D eigenvalue weighted by Gasteiger charge is 2.21. The standard InChI is InChI=1S/C27H33N3O2/c1-6-18(4)26(31)24-16-25(28)30-27(23(24)7-2)29-19(5)20-10-14-22(15-11-20)32-21-12-8-17(3)9-13-21/h8-16,18-19H,6-7H2,1-5H3,(H3,28,29,30)/t18-,19-/m0/s1. The maximum absolute atomic E-state index is 12.9. The van der Waals surface area contributed by atoms with Crippen LogP contribution in [-0.4, -0.2) is 10.8 Å². The topological polar surface area (TPSA) is 77.2 Å². The lowest BCUT2D eigenvalue weighted by atomic mass is 9.93. The summed E-state index contributed by atoms with van der Waals surface area (Å²) in [5, 5.41) is 3.46. The van der Waals surface area contributed by atoms with E-state index in [9.17, 15) is 4.79 Å². The third kappa shape index (κ3) is 5.47. The van der Waals surface area contributed by atoms with Gasteiger partial charge in [0.05, 0.1) is 0 Å². The molecule has 3 N–H and O–H groups in total. The Balaban J connectivity index is 1.79. The van der Waals surface area contributed by atoms with Gasteiger partial charge in [0.1, 0.15) is 23.1 Å². The predicted octanol–water partition coefficient (Wildman–Crippen LogP) is 6.73. The molecule has 0 aliphatic rings. The summed E-state index contributed by atoms with van der Waals surface area (Å²) in [6.07, 6.45) is 1.49. The first kappa shape index (κ1) is 23.3. The van der Waals surface area contributed by atoms with Crippen LogP contribution in [-0.2, 0) is 6.42 Å². The Morgan fingerprint density at radius 3 is 2.19 bits per heavy atom. The first-order valence-electron chi connectivity index (χ1n) is 11.3. The van der Waals surface area contributed by atoms with Gasteiger partial charge in [0, 0.05) is 23.1 Å². The van der Waals surface area contributed by atoms with Crippen LogP contribution in [0.15, 0.2) is 54.6 Å². The Morgan fingerprint density at radius 2 is 1.62 bits per heavy atom. The van der Waals surface area contributed by atoms with E-state index in [4.69, 9.17) is 10.5 Å². The van der Waals surface area contributed by atoms with Crippen LogP contribution in [0.1, 0.15) is 67.2 Å². The zero-order chi connectivity index (χ0) is 23.3. The highest BCUT2D eigenvalue weighted by molar-refractivity contribution is 6.00. The van der Waals surface area contributed by atoms with Gasteiger partial charge in [-0.25, -0.2) is 4.98 Å². The van der Waals surface area contributed by atoms with Crippen molar-refractivity contribution in [2.24, 2.45) is 5.92 Å². The highest BCUT2D eigenvalue weighted by atomic mass is 16.5. The fourth-order valence-electron chi connectivity index (χ4n) is 3.59. The van der Waals surface area contributed by atoms with Crippen LogP contribution in [0, 0.1) is 12.8 Å². The Kier molecular flexibility index (Phi) is 7.52. The number of carbonyl (C=O) groups is 1. The fraction of sp³-hybridized carbons (Fsp3) is 0.333. The Morgan fingerprint density at radius 1 is 1.03 bits per heavy atom. The number of nitrogens with zero attached hydrogens (tertiary/aromatic N) is 1. The number of aryl methyl sites for hydroxylation is 1. The van der Waals surface area contributed by atoms with Gasteiger partial charge < -0.3 is 15.8 Å². The molecule has 0 aliphatic carbocycles. The van der Waals surface area contributed by atoms with Crippen LogP contribution in [0.3, 0.4) is 0 Å². The zero-order valence-electron chi connectivity index (χ0n) is 19.6. The minimum Gasteiger partial charge on any atom is -0.457 e. The average molecular weight is 432 g/mol. The van der Waals surface area contributed by atoms with Crippen molar-refractivity contribution in [3.63, 3.8) is 0 Å². The monoisotopic (exact) mass is 431 g/mol. The molecule has 0 amide bonds. The Hall–Kier alpha value is -3.34. The lowest BCUT2D eigenvalue weighted by molar-refractivity contribution is 0.0926. The molecule has 1 aromatic heterocycles. The molecule has 0 aliphatic heterocycles. The number of carbonyl (C=O) groups excluding carboxylic acids is 1. The summed E-state index contributed by atoms with van der Waals surface area (Å²) in [6, 6.07) is 17.6. The number of hydrogen-bond acceptors (Lipinski definition) is 5. The molecule has 2 aromatic carbocycles. The van der Waals surface area contributed by atoms with Gasteiger partial charge in [-0.05, 0) is 62.6 Å². The maximum atomic E-state index is 12.9. The van der Waals surface area contributed by atoms with Gasteiger partial charge in [-0.1, -0.05) is 50.6 Å². The van der Waals surface area contributed by atoms with Gasteiger partial charge in [-0.3, -0.25) is 4.79 Å². The smallest absolute Gasteiger partial charge is 0.166 e. The van der Waals surface area contributed by atoms with Crippen molar-refractivity contribution in [3.05, 3.63) is 76.9 Å². The number of aromatic nitrogens is 1. The summed E-state index contributed by atoms with van der Waals surface area (Å²) in [5.41, 5.74) is 9.93. The minimum absolute atomic E-state index is 0.0189. The van der Waals surface area contributed by atoms with Crippen molar-refractivity contribution in [2.45, 2.75) is 53.5 Å². The third-order valence-corrected chi connectivity index (χ3v) is 5.81. The van der Waals surface area contributed by atoms with E-state index in [1.54, 1.807) is 6.07 Å². The van der Waals surface area contributed by atoms with Gasteiger partial charge in [-0.15, -0.1) is 0 Å². The van der Waals surface area contributed by atoms with Crippen LogP contribution >= 0.6 is 0 Å². The maximum Gasteiger partial charge on any atom is 0.166 e. The zero-order valence-corrected chi connectivity index (χ0v) is 19.6. The molecule has 168 valence electrons. The van der Waals surface area contributed by atoms with E-state index in [1.807, 2.05) is 69.3 Å². The van der Waals surface area contributed by atoms with Crippen LogP contribution in [0.2, 0.25) is 0 Å². The number of nitrogens with two attached hydrogens (primary N) is 1. The molecule has 0 fully saturated rings. The Labute approximate surface area is 191 Å². The number of Topliss-reactive ketones (excluding diaryl/α,β-unsaturated/α-hetero) is 1. The number of pyridine rings is 1. The molecule has 0 radical (unpaired) electrons. The molecule has 0 unspecified atom stereocenters. The summed E-state index contributed by atoms with van der Waals surface area (Å²) in [4.78, 5) is 17.4. The predicted molar refractivity (Wildman–Crippen MR) is 132 cm³/mol. The van der Waals surface area contributed by atoms with Gasteiger partial charge in [0.15, 0.2) is 5.78 Å². The summed E-state index contributed by atoms with van der Waals surface area (Å²) in [5.74, 6) is 2.68. The first-order valence-corrected chi connectivity index (χ1v) is 11.3. The summed E-state index contributed by atoms with van der Waals surface area (Å²) in [6.45, 7) is 10.1. The van der Waals surface area contributed by atoms with Crippen molar-refractivity contribution in [2.75, 3.05) is 11.1 Å². The SMILES string of the molecule is CCc1c(C(=O)[C@@H](C)CC)cc(N)nc1N[C@@H](C)c1ccc(Oc2ccc(C)cc2)cc1. The van der Waals surface area contributed by atoms with Crippen LogP contribution < -0.4 is 15.8 Å². The summed E-state index contributed by atoms with van der Waals surface area (Å²) >= 11 is 0. The first-order chi connectivity index (χ1) is 15.3. The van der Waals surface area contributed by atoms with Gasteiger partial charge >= 0.3 is 0 Å². The molecule has 3 aromatic rings. The van der Waals surface area contributed by atoms with Crippen LogP contribution in [0.4, 0.5) is 11.6 Å². The molecular weight excluding hydrogens is 398 g/mol. The number of ketones is 1. The van der Waals surface area contributed by atoms with Gasteiger partial charge in [-0.2, -0.15) is 0 Å². The van der Waals surface area contributed by atoms with Crippen LogP contribution in [0.25, 0.3) is 0 Å².